The number of nitro groups is 2. The smallest absolute Gasteiger partial charge is 0.275 e. The Morgan fingerprint density at radius 1 is 0.679 bits per heavy atom. The van der Waals surface area contributed by atoms with Gasteiger partial charge >= 0.3 is 0 Å². The molecule has 5 rings (SSSR count). The Hall–Kier alpha value is -3.36. The van der Waals surface area contributed by atoms with Crippen molar-refractivity contribution >= 4 is 11.4 Å². The summed E-state index contributed by atoms with van der Waals surface area (Å²) in [6.45, 7) is 0. The van der Waals surface area contributed by atoms with Crippen molar-refractivity contribution < 1.29 is 19.3 Å². The Bertz CT molecular complexity index is 978. The summed E-state index contributed by atoms with van der Waals surface area (Å²) in [5.74, 6) is 0. The average Bonchev–Trinajstić information content (AvgIpc) is 3.59. The van der Waals surface area contributed by atoms with Crippen molar-refractivity contribution in [2.75, 3.05) is 0 Å². The third-order valence-electron chi connectivity index (χ3n) is 5.39. The van der Waals surface area contributed by atoms with Crippen LogP contribution >= 0.6 is 0 Å². The van der Waals surface area contributed by atoms with Gasteiger partial charge < -0.3 is 9.47 Å². The zero-order chi connectivity index (χ0) is 19.5. The van der Waals surface area contributed by atoms with Crippen LogP contribution in [0.2, 0.25) is 0 Å². The summed E-state index contributed by atoms with van der Waals surface area (Å²) < 4.78 is 11.6. The molecule has 2 aromatic rings. The number of epoxide rings is 2. The molecule has 0 aromatic heterocycles. The highest BCUT2D eigenvalue weighted by Gasteiger charge is 2.62. The minimum atomic E-state index is -0.740. The maximum Gasteiger partial charge on any atom is 0.275 e. The summed E-state index contributed by atoms with van der Waals surface area (Å²) in [6, 6.07) is 13.0. The van der Waals surface area contributed by atoms with Crippen LogP contribution in [0.4, 0.5) is 11.4 Å². The van der Waals surface area contributed by atoms with Gasteiger partial charge in [-0.2, -0.15) is 0 Å². The van der Waals surface area contributed by atoms with E-state index in [4.69, 9.17) is 9.47 Å². The zero-order valence-corrected chi connectivity index (χ0v) is 14.4. The molecule has 0 radical (unpaired) electrons. The molecule has 2 aliphatic heterocycles. The molecule has 28 heavy (non-hydrogen) atoms. The lowest BCUT2D eigenvalue weighted by molar-refractivity contribution is -0.385. The molecule has 2 spiro atoms. The fourth-order valence-electron chi connectivity index (χ4n) is 3.84. The molecular formula is C20H14N2O6. The molecule has 140 valence electrons. The fourth-order valence-corrected chi connectivity index (χ4v) is 3.84. The Morgan fingerprint density at radius 2 is 1.04 bits per heavy atom. The third kappa shape index (κ3) is 2.39. The second-order valence-corrected chi connectivity index (χ2v) is 7.00. The van der Waals surface area contributed by atoms with Gasteiger partial charge in [0.25, 0.3) is 11.4 Å². The number of rotatable bonds is 4. The third-order valence-corrected chi connectivity index (χ3v) is 5.39. The van der Waals surface area contributed by atoms with E-state index in [1.807, 2.05) is 24.3 Å². The van der Waals surface area contributed by atoms with Crippen molar-refractivity contribution in [2.45, 2.75) is 23.4 Å². The molecule has 0 bridgehead atoms. The maximum absolute atomic E-state index is 11.3. The number of benzene rings is 2. The number of para-hydroxylation sites is 2. The van der Waals surface area contributed by atoms with Crippen molar-refractivity contribution in [1.29, 1.82) is 0 Å². The van der Waals surface area contributed by atoms with E-state index in [0.717, 1.165) is 0 Å². The summed E-state index contributed by atoms with van der Waals surface area (Å²) in [4.78, 5) is 21.7. The Labute approximate surface area is 159 Å². The van der Waals surface area contributed by atoms with E-state index in [1.54, 1.807) is 36.4 Å². The lowest BCUT2D eigenvalue weighted by Crippen LogP contribution is -2.16. The molecule has 2 atom stereocenters. The van der Waals surface area contributed by atoms with E-state index in [1.165, 1.54) is 12.1 Å². The quantitative estimate of drug-likeness (QED) is 0.345. The highest BCUT2D eigenvalue weighted by molar-refractivity contribution is 5.53. The number of nitro benzene ring substituents is 2. The number of nitrogens with zero attached hydrogens (tertiary/aromatic N) is 2. The van der Waals surface area contributed by atoms with Crippen LogP contribution in [0.5, 0.6) is 0 Å². The molecule has 2 fully saturated rings. The van der Waals surface area contributed by atoms with Gasteiger partial charge in [-0.15, -0.1) is 0 Å². The Morgan fingerprint density at radius 3 is 1.39 bits per heavy atom. The molecule has 8 heteroatoms. The van der Waals surface area contributed by atoms with E-state index in [9.17, 15) is 20.2 Å². The van der Waals surface area contributed by atoms with Gasteiger partial charge in [0.2, 0.25) is 0 Å². The van der Waals surface area contributed by atoms with Gasteiger partial charge in [0.15, 0.2) is 0 Å². The number of ether oxygens (including phenoxy) is 2. The lowest BCUT2D eigenvalue weighted by Gasteiger charge is -2.12. The van der Waals surface area contributed by atoms with E-state index in [0.29, 0.717) is 11.1 Å². The topological polar surface area (TPSA) is 111 Å². The summed E-state index contributed by atoms with van der Waals surface area (Å²) in [6.07, 6.45) is 6.41. The first kappa shape index (κ1) is 16.8. The molecule has 3 aliphatic rings. The molecule has 0 saturated carbocycles. The van der Waals surface area contributed by atoms with Crippen molar-refractivity contribution in [1.82, 2.24) is 0 Å². The van der Waals surface area contributed by atoms with Gasteiger partial charge in [0, 0.05) is 12.1 Å². The van der Waals surface area contributed by atoms with Crippen LogP contribution in [-0.2, 0) is 9.47 Å². The van der Waals surface area contributed by atoms with E-state index < -0.39 is 33.3 Å². The summed E-state index contributed by atoms with van der Waals surface area (Å²) in [5.41, 5.74) is -0.402. The fraction of sp³-hybridized carbons (Fsp3) is 0.200. The number of hydrogen-bond donors (Lipinski definition) is 0. The molecule has 0 amide bonds. The van der Waals surface area contributed by atoms with Crippen molar-refractivity contribution in [3.63, 3.8) is 0 Å². The minimum Gasteiger partial charge on any atom is -0.352 e. The van der Waals surface area contributed by atoms with Gasteiger partial charge in [-0.25, -0.2) is 0 Å². The van der Waals surface area contributed by atoms with Crippen molar-refractivity contribution in [2.24, 2.45) is 0 Å². The van der Waals surface area contributed by atoms with Crippen LogP contribution in [0.25, 0.3) is 0 Å². The maximum atomic E-state index is 11.3. The molecule has 8 nitrogen and oxygen atoms in total. The second-order valence-electron chi connectivity index (χ2n) is 7.00. The monoisotopic (exact) mass is 378 g/mol. The van der Waals surface area contributed by atoms with Crippen LogP contribution in [0.3, 0.4) is 0 Å². The van der Waals surface area contributed by atoms with Crippen LogP contribution in [-0.4, -0.2) is 21.0 Å². The standard InChI is InChI=1S/C20H14N2O6/c23-21(24)15-7-3-1-5-13(15)17-19(27-17)9-11-20(12-10-19)18(28-20)14-6-2-4-8-16(14)22(25)26/h1-12,17-18H. The molecule has 0 N–H and O–H groups in total. The van der Waals surface area contributed by atoms with Gasteiger partial charge in [-0.3, -0.25) is 20.2 Å². The predicted molar refractivity (Wildman–Crippen MR) is 97.6 cm³/mol. The second kappa shape index (κ2) is 5.57. The van der Waals surface area contributed by atoms with E-state index in [-0.39, 0.29) is 11.4 Å². The molecule has 2 aromatic carbocycles. The molecule has 2 saturated heterocycles. The molecule has 2 heterocycles. The van der Waals surface area contributed by atoms with Crippen LogP contribution < -0.4 is 0 Å². The first-order valence-corrected chi connectivity index (χ1v) is 8.69. The Balaban J connectivity index is 1.40. The van der Waals surface area contributed by atoms with Gasteiger partial charge in [-0.1, -0.05) is 24.3 Å². The lowest BCUT2D eigenvalue weighted by atomic mass is 9.87. The molecule has 2 unspecified atom stereocenters. The predicted octanol–water partition coefficient (Wildman–Crippen LogP) is 3.95. The normalized spacial score (nSPS) is 31.9. The minimum absolute atomic E-state index is 0.0203. The van der Waals surface area contributed by atoms with Crippen molar-refractivity contribution in [3.05, 3.63) is 104 Å². The summed E-state index contributed by atoms with van der Waals surface area (Å²) in [5, 5.41) is 22.5. The van der Waals surface area contributed by atoms with Gasteiger partial charge in [0.05, 0.1) is 21.0 Å². The number of hydrogen-bond acceptors (Lipinski definition) is 6. The SMILES string of the molecule is O=[N+]([O-])c1ccccc1C1OC12C=CC1(C=C2)OC1c1ccccc1[N+](=O)[O-]. The molecular weight excluding hydrogens is 364 g/mol. The average molecular weight is 378 g/mol. The summed E-state index contributed by atoms with van der Waals surface area (Å²) >= 11 is 0. The molecule has 1 aliphatic carbocycles. The van der Waals surface area contributed by atoms with E-state index in [2.05, 4.69) is 0 Å². The highest BCUT2D eigenvalue weighted by Crippen LogP contribution is 2.61. The van der Waals surface area contributed by atoms with Gasteiger partial charge in [0.1, 0.15) is 23.4 Å². The van der Waals surface area contributed by atoms with E-state index >= 15 is 0 Å². The highest BCUT2D eigenvalue weighted by atomic mass is 16.6. The Kier molecular flexibility index (Phi) is 3.34. The van der Waals surface area contributed by atoms with Gasteiger partial charge in [-0.05, 0) is 36.4 Å². The van der Waals surface area contributed by atoms with Crippen molar-refractivity contribution in [3.8, 4) is 0 Å². The van der Waals surface area contributed by atoms with Crippen LogP contribution in [0, 0.1) is 20.2 Å². The first-order chi connectivity index (χ1) is 13.5. The largest absolute Gasteiger partial charge is 0.352 e. The van der Waals surface area contributed by atoms with Crippen LogP contribution in [0.15, 0.2) is 72.8 Å². The zero-order valence-electron chi connectivity index (χ0n) is 14.4. The first-order valence-electron chi connectivity index (χ1n) is 8.69. The van der Waals surface area contributed by atoms with Crippen LogP contribution in [0.1, 0.15) is 23.3 Å². The summed E-state index contributed by atoms with van der Waals surface area (Å²) in [7, 11) is 0.